The molecular weight excluding hydrogens is 401 g/mol. The predicted octanol–water partition coefficient (Wildman–Crippen LogP) is 0.863. The third-order valence-corrected chi connectivity index (χ3v) is 4.68. The number of nitrogens with two attached hydrogens (primary N) is 1. The second-order valence-corrected chi connectivity index (χ2v) is 7.56. The van der Waals surface area contributed by atoms with E-state index in [-0.39, 0.29) is 49.1 Å². The summed E-state index contributed by atoms with van der Waals surface area (Å²) in [5.41, 5.74) is 5.12. The molecule has 0 rings (SSSR count). The molecule has 158 valence electrons. The number of hydrogen-bond acceptors (Lipinski definition) is 8. The first-order valence-corrected chi connectivity index (χ1v) is 10.4. The van der Waals surface area contributed by atoms with Gasteiger partial charge in [-0.2, -0.15) is 8.42 Å². The summed E-state index contributed by atoms with van der Waals surface area (Å²) in [6.45, 7) is 3.32. The van der Waals surface area contributed by atoms with Crippen molar-refractivity contribution in [3.63, 3.8) is 0 Å². The van der Waals surface area contributed by atoms with Crippen LogP contribution in [0.1, 0.15) is 57.8 Å². The zero-order valence-electron chi connectivity index (χ0n) is 15.4. The van der Waals surface area contributed by atoms with Crippen molar-refractivity contribution in [3.8, 4) is 0 Å². The molecule has 0 radical (unpaired) electrons. The SMILES string of the molecule is C=CCCCCCCCCC(=O)OC(=O)CC(C(=O)OCCN)S(=O)(=O)O.[NaH]. The molecule has 0 aliphatic rings. The molecule has 0 saturated carbocycles. The van der Waals surface area contributed by atoms with Crippen LogP contribution >= 0.6 is 0 Å². The van der Waals surface area contributed by atoms with E-state index < -0.39 is 39.7 Å². The number of unbranched alkanes of at least 4 members (excludes halogenated alkanes) is 6. The van der Waals surface area contributed by atoms with E-state index in [1.54, 1.807) is 0 Å². The second kappa shape index (κ2) is 17.1. The van der Waals surface area contributed by atoms with Gasteiger partial charge in [0.25, 0.3) is 10.1 Å². The van der Waals surface area contributed by atoms with Crippen molar-refractivity contribution in [3.05, 3.63) is 12.7 Å². The fourth-order valence-corrected chi connectivity index (χ4v) is 2.86. The van der Waals surface area contributed by atoms with Crippen LogP contribution in [0.25, 0.3) is 0 Å². The van der Waals surface area contributed by atoms with Crippen molar-refractivity contribution >= 4 is 57.6 Å². The molecule has 0 amide bonds. The van der Waals surface area contributed by atoms with Crippen LogP contribution in [0, 0.1) is 0 Å². The van der Waals surface area contributed by atoms with Gasteiger partial charge in [0.15, 0.2) is 5.25 Å². The van der Waals surface area contributed by atoms with E-state index in [1.165, 1.54) is 0 Å². The number of carbonyl (C=O) groups excluding carboxylic acids is 3. The van der Waals surface area contributed by atoms with E-state index in [0.29, 0.717) is 6.42 Å². The molecule has 0 aromatic rings. The second-order valence-electron chi connectivity index (χ2n) is 5.96. The van der Waals surface area contributed by atoms with E-state index in [2.05, 4.69) is 16.1 Å². The van der Waals surface area contributed by atoms with Gasteiger partial charge in [0.2, 0.25) is 0 Å². The summed E-state index contributed by atoms with van der Waals surface area (Å²) in [7, 11) is -4.89. The molecule has 0 aromatic heterocycles. The van der Waals surface area contributed by atoms with Gasteiger partial charge < -0.3 is 15.2 Å². The monoisotopic (exact) mass is 431 g/mol. The van der Waals surface area contributed by atoms with Crippen molar-refractivity contribution in [1.29, 1.82) is 0 Å². The number of ether oxygens (including phenoxy) is 2. The molecule has 11 heteroatoms. The molecule has 0 bridgehead atoms. The average Bonchev–Trinajstić information content (AvgIpc) is 2.58. The molecular formula is C17H30NNaO8S. The van der Waals surface area contributed by atoms with Crippen molar-refractivity contribution in [2.75, 3.05) is 13.2 Å². The molecule has 0 spiro atoms. The van der Waals surface area contributed by atoms with Gasteiger partial charge in [0.05, 0.1) is 6.42 Å². The van der Waals surface area contributed by atoms with E-state index >= 15 is 0 Å². The molecule has 0 fully saturated rings. The summed E-state index contributed by atoms with van der Waals surface area (Å²) in [6, 6.07) is 0. The Balaban J connectivity index is 0. The Morgan fingerprint density at radius 2 is 1.61 bits per heavy atom. The molecule has 0 aliphatic carbocycles. The molecule has 0 aromatic carbocycles. The van der Waals surface area contributed by atoms with Crippen LogP contribution in [0.4, 0.5) is 0 Å². The maximum atomic E-state index is 11.7. The average molecular weight is 431 g/mol. The van der Waals surface area contributed by atoms with Crippen molar-refractivity contribution in [2.45, 2.75) is 63.0 Å². The topological polar surface area (TPSA) is 150 Å². The Bertz CT molecular complexity index is 594. The normalized spacial score (nSPS) is 11.8. The van der Waals surface area contributed by atoms with Crippen LogP contribution in [-0.2, 0) is 34.0 Å². The van der Waals surface area contributed by atoms with E-state index in [0.717, 1.165) is 38.5 Å². The Kier molecular flexibility index (Phi) is 18.0. The van der Waals surface area contributed by atoms with Crippen molar-refractivity contribution < 1.29 is 36.8 Å². The van der Waals surface area contributed by atoms with E-state index in [9.17, 15) is 22.8 Å². The van der Waals surface area contributed by atoms with E-state index in [1.807, 2.05) is 6.08 Å². The molecule has 1 unspecified atom stereocenters. The van der Waals surface area contributed by atoms with Gasteiger partial charge in [0.1, 0.15) is 6.61 Å². The van der Waals surface area contributed by atoms with Gasteiger partial charge >= 0.3 is 47.5 Å². The number of hydrogen-bond donors (Lipinski definition) is 2. The van der Waals surface area contributed by atoms with Gasteiger partial charge in [-0.05, 0) is 19.3 Å². The molecule has 1 atom stereocenters. The quantitative estimate of drug-likeness (QED) is 0.0961. The van der Waals surface area contributed by atoms with Crippen LogP contribution in [-0.4, -0.2) is 78.8 Å². The molecule has 28 heavy (non-hydrogen) atoms. The fourth-order valence-electron chi connectivity index (χ4n) is 2.20. The fraction of sp³-hybridized carbons (Fsp3) is 0.706. The van der Waals surface area contributed by atoms with Crippen LogP contribution in [0.15, 0.2) is 12.7 Å². The van der Waals surface area contributed by atoms with Crippen LogP contribution in [0.2, 0.25) is 0 Å². The number of esters is 3. The maximum absolute atomic E-state index is 11.7. The van der Waals surface area contributed by atoms with Gasteiger partial charge in [-0.25, -0.2) is 0 Å². The van der Waals surface area contributed by atoms with Gasteiger partial charge in [0, 0.05) is 13.0 Å². The Morgan fingerprint density at radius 1 is 1.04 bits per heavy atom. The minimum absolute atomic E-state index is 0. The van der Waals surface area contributed by atoms with Crippen molar-refractivity contribution in [2.24, 2.45) is 5.73 Å². The first-order valence-electron chi connectivity index (χ1n) is 8.89. The zero-order chi connectivity index (χ0) is 20.7. The van der Waals surface area contributed by atoms with Gasteiger partial charge in [-0.3, -0.25) is 18.9 Å². The first kappa shape index (κ1) is 29.4. The zero-order valence-corrected chi connectivity index (χ0v) is 16.2. The number of allylic oxidation sites excluding steroid dienone is 1. The van der Waals surface area contributed by atoms with Gasteiger partial charge in [-0.1, -0.05) is 31.8 Å². The van der Waals surface area contributed by atoms with Crippen molar-refractivity contribution in [1.82, 2.24) is 0 Å². The first-order chi connectivity index (χ1) is 12.7. The summed E-state index contributed by atoms with van der Waals surface area (Å²) in [4.78, 5) is 34.9. The third-order valence-electron chi connectivity index (χ3n) is 3.60. The summed E-state index contributed by atoms with van der Waals surface area (Å²) in [6.07, 6.45) is 7.36. The molecule has 0 saturated heterocycles. The van der Waals surface area contributed by atoms with Gasteiger partial charge in [-0.15, -0.1) is 6.58 Å². The van der Waals surface area contributed by atoms with E-state index in [4.69, 9.17) is 10.3 Å². The molecule has 0 heterocycles. The van der Waals surface area contributed by atoms with Crippen LogP contribution in [0.5, 0.6) is 0 Å². The Morgan fingerprint density at radius 3 is 2.14 bits per heavy atom. The summed E-state index contributed by atoms with van der Waals surface area (Å²) >= 11 is 0. The van der Waals surface area contributed by atoms with Crippen LogP contribution < -0.4 is 5.73 Å². The summed E-state index contributed by atoms with van der Waals surface area (Å²) in [5.74, 6) is -3.36. The standard InChI is InChI=1S/C17H29NO8S.Na.H/c1-2-3-4-5-6-7-8-9-10-15(19)26-16(20)13-14(27(22,23)24)17(21)25-12-11-18;;/h2,14H,1,3-13,18H2,(H,22,23,24);;. The van der Waals surface area contributed by atoms with Crippen LogP contribution in [0.3, 0.4) is 0 Å². The summed E-state index contributed by atoms with van der Waals surface area (Å²) < 4.78 is 40.5. The minimum atomic E-state index is -4.89. The summed E-state index contributed by atoms with van der Waals surface area (Å²) in [5, 5.41) is -2.15. The number of carbonyl (C=O) groups is 3. The Hall–Kier alpha value is -0.780. The molecule has 3 N–H and O–H groups in total. The predicted molar refractivity (Wildman–Crippen MR) is 105 cm³/mol. The molecule has 9 nitrogen and oxygen atoms in total. The number of rotatable bonds is 15. The molecule has 0 aliphatic heterocycles. The third kappa shape index (κ3) is 15.2. The Labute approximate surface area is 188 Å².